The standard InChI is InChI=1S/C15H15Cl2NO3S2/c16-8-7-14(19)18-10-13(11-3-5-12(17)6-4-11)23(20,21)15-2-1-9-22-15/h1-6,9,13H,7-8,10H2,(H,18,19)/t13-/m0/s1. The van der Waals surface area contributed by atoms with Gasteiger partial charge in [0.15, 0.2) is 9.84 Å². The van der Waals surface area contributed by atoms with Gasteiger partial charge < -0.3 is 5.32 Å². The van der Waals surface area contributed by atoms with Crippen LogP contribution in [0.15, 0.2) is 46.0 Å². The molecule has 0 saturated carbocycles. The molecule has 1 aromatic carbocycles. The van der Waals surface area contributed by atoms with Crippen LogP contribution in [0, 0.1) is 0 Å². The van der Waals surface area contributed by atoms with E-state index >= 15 is 0 Å². The highest BCUT2D eigenvalue weighted by molar-refractivity contribution is 7.93. The maximum atomic E-state index is 12.8. The summed E-state index contributed by atoms with van der Waals surface area (Å²) in [5.74, 6) is -0.0879. The van der Waals surface area contributed by atoms with Gasteiger partial charge in [0.1, 0.15) is 9.46 Å². The lowest BCUT2D eigenvalue weighted by Crippen LogP contribution is -2.31. The molecule has 4 nitrogen and oxygen atoms in total. The first kappa shape index (κ1) is 18.3. The van der Waals surface area contributed by atoms with Gasteiger partial charge in [-0.3, -0.25) is 4.79 Å². The molecule has 0 aliphatic rings. The molecular weight excluding hydrogens is 377 g/mol. The smallest absolute Gasteiger partial charge is 0.221 e. The summed E-state index contributed by atoms with van der Waals surface area (Å²) in [6.45, 7) is -0.0163. The number of nitrogens with one attached hydrogen (secondary N) is 1. The fraction of sp³-hybridized carbons (Fsp3) is 0.267. The van der Waals surface area contributed by atoms with E-state index < -0.39 is 15.1 Å². The molecular formula is C15H15Cl2NO3S2. The third kappa shape index (κ3) is 4.70. The van der Waals surface area contributed by atoms with Crippen LogP contribution in [-0.2, 0) is 14.6 Å². The minimum absolute atomic E-state index is 0.0163. The summed E-state index contributed by atoms with van der Waals surface area (Å²) in [5.41, 5.74) is 0.578. The molecule has 0 bridgehead atoms. The minimum atomic E-state index is -3.61. The Balaban J connectivity index is 2.31. The van der Waals surface area contributed by atoms with Gasteiger partial charge in [0.25, 0.3) is 0 Å². The Hall–Kier alpha value is -1.08. The van der Waals surface area contributed by atoms with Crippen molar-refractivity contribution in [3.8, 4) is 0 Å². The Morgan fingerprint density at radius 3 is 2.48 bits per heavy atom. The molecule has 1 aromatic heterocycles. The van der Waals surface area contributed by atoms with E-state index in [0.717, 1.165) is 11.3 Å². The van der Waals surface area contributed by atoms with E-state index in [1.54, 1.807) is 41.8 Å². The zero-order valence-electron chi connectivity index (χ0n) is 12.0. The number of carbonyl (C=O) groups is 1. The Morgan fingerprint density at radius 1 is 1.22 bits per heavy atom. The van der Waals surface area contributed by atoms with Crippen molar-refractivity contribution < 1.29 is 13.2 Å². The molecule has 0 fully saturated rings. The van der Waals surface area contributed by atoms with Crippen molar-refractivity contribution in [1.29, 1.82) is 0 Å². The summed E-state index contributed by atoms with van der Waals surface area (Å²) in [6.07, 6.45) is 0.147. The van der Waals surface area contributed by atoms with Crippen LogP contribution in [0.25, 0.3) is 0 Å². The molecule has 23 heavy (non-hydrogen) atoms. The zero-order valence-corrected chi connectivity index (χ0v) is 15.2. The van der Waals surface area contributed by atoms with Crippen LogP contribution < -0.4 is 5.32 Å². The highest BCUT2D eigenvalue weighted by Crippen LogP contribution is 2.31. The maximum Gasteiger partial charge on any atom is 0.221 e. The molecule has 0 spiro atoms. The van der Waals surface area contributed by atoms with E-state index in [-0.39, 0.29) is 29.0 Å². The average Bonchev–Trinajstić information content (AvgIpc) is 3.04. The highest BCUT2D eigenvalue weighted by Gasteiger charge is 2.30. The third-order valence-electron chi connectivity index (χ3n) is 3.20. The first-order valence-electron chi connectivity index (χ1n) is 6.80. The topological polar surface area (TPSA) is 63.2 Å². The number of benzene rings is 1. The molecule has 1 atom stereocenters. The van der Waals surface area contributed by atoms with E-state index in [9.17, 15) is 13.2 Å². The van der Waals surface area contributed by atoms with E-state index in [0.29, 0.717) is 10.6 Å². The number of sulfone groups is 1. The number of hydrogen-bond donors (Lipinski definition) is 1. The number of carbonyl (C=O) groups excluding carboxylic acids is 1. The summed E-state index contributed by atoms with van der Waals surface area (Å²) in [7, 11) is -3.61. The van der Waals surface area contributed by atoms with Crippen molar-refractivity contribution in [2.24, 2.45) is 0 Å². The second kappa shape index (κ2) is 8.15. The van der Waals surface area contributed by atoms with E-state index in [1.807, 2.05) is 0 Å². The predicted molar refractivity (Wildman–Crippen MR) is 94.0 cm³/mol. The summed E-state index contributed by atoms with van der Waals surface area (Å²) in [5, 5.41) is 3.98. The van der Waals surface area contributed by atoms with Crippen LogP contribution in [0.5, 0.6) is 0 Å². The molecule has 0 unspecified atom stereocenters. The maximum absolute atomic E-state index is 12.8. The van der Waals surface area contributed by atoms with Crippen LogP contribution in [0.4, 0.5) is 0 Å². The lowest BCUT2D eigenvalue weighted by atomic mass is 10.1. The quantitative estimate of drug-likeness (QED) is 0.732. The van der Waals surface area contributed by atoms with Gasteiger partial charge in [0.2, 0.25) is 5.91 Å². The van der Waals surface area contributed by atoms with Gasteiger partial charge in [-0.05, 0) is 29.1 Å². The Labute approximate surface area is 149 Å². The largest absolute Gasteiger partial charge is 0.354 e. The second-order valence-electron chi connectivity index (χ2n) is 4.76. The van der Waals surface area contributed by atoms with Crippen LogP contribution in [0.2, 0.25) is 5.02 Å². The lowest BCUT2D eigenvalue weighted by molar-refractivity contribution is -0.120. The van der Waals surface area contributed by atoms with Crippen LogP contribution in [0.3, 0.4) is 0 Å². The van der Waals surface area contributed by atoms with E-state index in [4.69, 9.17) is 23.2 Å². The summed E-state index contributed by atoms with van der Waals surface area (Å²) < 4.78 is 26.0. The van der Waals surface area contributed by atoms with Crippen molar-refractivity contribution >= 4 is 50.3 Å². The van der Waals surface area contributed by atoms with Crippen molar-refractivity contribution in [1.82, 2.24) is 5.32 Å². The lowest BCUT2D eigenvalue weighted by Gasteiger charge is -2.18. The second-order valence-corrected chi connectivity index (χ2v) is 8.88. The molecule has 0 saturated heterocycles. The number of hydrogen-bond acceptors (Lipinski definition) is 4. The molecule has 0 aliphatic heterocycles. The summed E-state index contributed by atoms with van der Waals surface area (Å²) in [6, 6.07) is 9.83. The molecule has 0 aliphatic carbocycles. The monoisotopic (exact) mass is 391 g/mol. The molecule has 1 amide bonds. The fourth-order valence-electron chi connectivity index (χ4n) is 2.03. The number of halogens is 2. The number of amides is 1. The van der Waals surface area contributed by atoms with Gasteiger partial charge >= 0.3 is 0 Å². The van der Waals surface area contributed by atoms with Crippen molar-refractivity contribution in [3.05, 3.63) is 52.4 Å². The molecule has 8 heteroatoms. The normalized spacial score (nSPS) is 12.8. The van der Waals surface area contributed by atoms with Gasteiger partial charge in [0, 0.05) is 23.9 Å². The first-order valence-corrected chi connectivity index (χ1v) is 10.1. The molecule has 2 aromatic rings. The van der Waals surface area contributed by atoms with Crippen molar-refractivity contribution in [2.75, 3.05) is 12.4 Å². The molecule has 0 radical (unpaired) electrons. The number of rotatable bonds is 7. The molecule has 124 valence electrons. The van der Waals surface area contributed by atoms with E-state index in [1.165, 1.54) is 0 Å². The summed E-state index contributed by atoms with van der Waals surface area (Å²) in [4.78, 5) is 11.6. The molecule has 1 N–H and O–H groups in total. The van der Waals surface area contributed by atoms with E-state index in [2.05, 4.69) is 5.32 Å². The van der Waals surface area contributed by atoms with Crippen molar-refractivity contribution in [2.45, 2.75) is 15.9 Å². The third-order valence-corrected chi connectivity index (χ3v) is 7.17. The van der Waals surface area contributed by atoms with Gasteiger partial charge in [-0.1, -0.05) is 29.8 Å². The van der Waals surface area contributed by atoms with Crippen LogP contribution >= 0.6 is 34.5 Å². The molecule has 2 rings (SSSR count). The SMILES string of the molecule is O=C(CCCl)NC[C@@H](c1ccc(Cl)cc1)S(=O)(=O)c1cccs1. The number of alkyl halides is 1. The average molecular weight is 392 g/mol. The van der Waals surface area contributed by atoms with Crippen molar-refractivity contribution in [3.63, 3.8) is 0 Å². The van der Waals surface area contributed by atoms with Gasteiger partial charge in [-0.2, -0.15) is 0 Å². The predicted octanol–water partition coefficient (Wildman–Crippen LogP) is 3.66. The fourth-order valence-corrected chi connectivity index (χ4v) is 5.19. The summed E-state index contributed by atoms with van der Waals surface area (Å²) >= 11 is 12.5. The Bertz CT molecular complexity index is 744. The zero-order chi connectivity index (χ0) is 16.9. The highest BCUT2D eigenvalue weighted by atomic mass is 35.5. The minimum Gasteiger partial charge on any atom is -0.354 e. The Morgan fingerprint density at radius 2 is 1.91 bits per heavy atom. The number of thiophene rings is 1. The molecule has 1 heterocycles. The van der Waals surface area contributed by atoms with Crippen LogP contribution in [-0.4, -0.2) is 26.7 Å². The van der Waals surface area contributed by atoms with Gasteiger partial charge in [-0.25, -0.2) is 8.42 Å². The van der Waals surface area contributed by atoms with Gasteiger partial charge in [-0.15, -0.1) is 22.9 Å². The Kier molecular flexibility index (Phi) is 6.47. The first-order chi connectivity index (χ1) is 10.9. The van der Waals surface area contributed by atoms with Gasteiger partial charge in [0.05, 0.1) is 0 Å². The van der Waals surface area contributed by atoms with Crippen LogP contribution in [0.1, 0.15) is 17.2 Å².